The van der Waals surface area contributed by atoms with Crippen LogP contribution in [0.3, 0.4) is 0 Å². The molecule has 3 nitrogen and oxygen atoms in total. The molecule has 0 saturated heterocycles. The van der Waals surface area contributed by atoms with Crippen molar-refractivity contribution in [2.24, 2.45) is 0 Å². The average molecular weight is 289 g/mol. The number of alkyl halides is 3. The average Bonchev–Trinajstić information content (AvgIpc) is 2.27. The fraction of sp³-hybridized carbons (Fsp3) is 0.417. The molecule has 0 aliphatic heterocycles. The highest BCUT2D eigenvalue weighted by Crippen LogP contribution is 2.44. The van der Waals surface area contributed by atoms with Crippen LogP contribution in [0.25, 0.3) is 0 Å². The third-order valence-electron chi connectivity index (χ3n) is 3.42. The van der Waals surface area contributed by atoms with E-state index in [2.05, 4.69) is 6.07 Å². The van der Waals surface area contributed by atoms with Crippen LogP contribution in [0, 0.1) is 11.3 Å². The Bertz CT molecular complexity index is 640. The van der Waals surface area contributed by atoms with E-state index in [0.29, 0.717) is 18.4 Å². The molecule has 1 aliphatic rings. The van der Waals surface area contributed by atoms with E-state index in [1.165, 1.54) is 12.1 Å². The molecule has 0 atom stereocenters. The number of nitrogens with zero attached hydrogens (tertiary/aromatic N) is 1. The van der Waals surface area contributed by atoms with Gasteiger partial charge in [-0.15, -0.1) is 0 Å². The monoisotopic (exact) mass is 289 g/mol. The quantitative estimate of drug-likeness (QED) is 0.841. The van der Waals surface area contributed by atoms with Gasteiger partial charge in [0.2, 0.25) is 0 Å². The Morgan fingerprint density at radius 1 is 1.26 bits per heavy atom. The first-order chi connectivity index (χ1) is 8.73. The van der Waals surface area contributed by atoms with Gasteiger partial charge in [0.15, 0.2) is 0 Å². The van der Waals surface area contributed by atoms with Gasteiger partial charge in [-0.05, 0) is 37.0 Å². The van der Waals surface area contributed by atoms with Gasteiger partial charge in [0.25, 0.3) is 9.84 Å². The van der Waals surface area contributed by atoms with E-state index in [1.807, 2.05) is 0 Å². The van der Waals surface area contributed by atoms with Crippen LogP contribution in [-0.2, 0) is 15.3 Å². The first kappa shape index (κ1) is 13.9. The zero-order valence-corrected chi connectivity index (χ0v) is 10.6. The van der Waals surface area contributed by atoms with Crippen molar-refractivity contribution in [1.82, 2.24) is 0 Å². The third-order valence-corrected chi connectivity index (χ3v) is 4.91. The van der Waals surface area contributed by atoms with Gasteiger partial charge in [-0.1, -0.05) is 12.1 Å². The maximum atomic E-state index is 12.5. The van der Waals surface area contributed by atoms with Crippen LogP contribution >= 0.6 is 0 Å². The first-order valence-electron chi connectivity index (χ1n) is 5.56. The molecule has 0 aromatic heterocycles. The lowest BCUT2D eigenvalue weighted by atomic mass is 9.66. The molecule has 0 spiro atoms. The zero-order chi connectivity index (χ0) is 14.3. The summed E-state index contributed by atoms with van der Waals surface area (Å²) in [5, 5.41) is 9.12. The van der Waals surface area contributed by atoms with Gasteiger partial charge in [-0.25, -0.2) is 8.42 Å². The Hall–Kier alpha value is -1.55. The smallest absolute Gasteiger partial charge is 0.214 e. The van der Waals surface area contributed by atoms with Gasteiger partial charge < -0.3 is 0 Å². The van der Waals surface area contributed by atoms with Crippen LogP contribution in [0.1, 0.15) is 24.8 Å². The summed E-state index contributed by atoms with van der Waals surface area (Å²) in [5.74, 6) is 0. The van der Waals surface area contributed by atoms with Gasteiger partial charge in [0, 0.05) is 0 Å². The van der Waals surface area contributed by atoms with E-state index in [-0.39, 0.29) is 0 Å². The van der Waals surface area contributed by atoms with Crippen LogP contribution in [-0.4, -0.2) is 13.9 Å². The largest absolute Gasteiger partial charge is 0.501 e. The number of nitriles is 1. The maximum Gasteiger partial charge on any atom is 0.501 e. The van der Waals surface area contributed by atoms with Crippen molar-refractivity contribution in [1.29, 1.82) is 5.26 Å². The Kier molecular flexibility index (Phi) is 3.09. The van der Waals surface area contributed by atoms with Crippen molar-refractivity contribution in [2.45, 2.75) is 35.1 Å². The molecular weight excluding hydrogens is 279 g/mol. The molecule has 1 fully saturated rings. The minimum Gasteiger partial charge on any atom is -0.214 e. The summed E-state index contributed by atoms with van der Waals surface area (Å²) in [4.78, 5) is -0.806. The van der Waals surface area contributed by atoms with E-state index in [9.17, 15) is 21.6 Å². The summed E-state index contributed by atoms with van der Waals surface area (Å²) in [5.41, 5.74) is -5.83. The third kappa shape index (κ3) is 2.10. The van der Waals surface area contributed by atoms with Crippen molar-refractivity contribution in [2.75, 3.05) is 0 Å². The van der Waals surface area contributed by atoms with Gasteiger partial charge >= 0.3 is 5.51 Å². The van der Waals surface area contributed by atoms with Crippen LogP contribution in [0.4, 0.5) is 13.2 Å². The number of benzene rings is 1. The van der Waals surface area contributed by atoms with Gasteiger partial charge in [-0.3, -0.25) is 0 Å². The van der Waals surface area contributed by atoms with Crippen molar-refractivity contribution in [3.05, 3.63) is 29.8 Å². The molecule has 2 rings (SSSR count). The second-order valence-electron chi connectivity index (χ2n) is 4.52. The highest BCUT2D eigenvalue weighted by Gasteiger charge is 2.47. The molecule has 0 radical (unpaired) electrons. The Labute approximate surface area is 108 Å². The first-order valence-corrected chi connectivity index (χ1v) is 7.04. The Morgan fingerprint density at radius 2 is 1.89 bits per heavy atom. The normalized spacial score (nSPS) is 18.4. The molecule has 1 aromatic rings. The highest BCUT2D eigenvalue weighted by atomic mass is 32.2. The summed E-state index contributed by atoms with van der Waals surface area (Å²) in [6, 6.07) is 6.67. The fourth-order valence-electron chi connectivity index (χ4n) is 2.09. The predicted molar refractivity (Wildman–Crippen MR) is 60.8 cm³/mol. The summed E-state index contributed by atoms with van der Waals surface area (Å²) < 4.78 is 60.1. The molecule has 7 heteroatoms. The Morgan fingerprint density at radius 3 is 2.32 bits per heavy atom. The molecule has 0 heterocycles. The van der Waals surface area contributed by atoms with E-state index < -0.39 is 25.7 Å². The summed E-state index contributed by atoms with van der Waals surface area (Å²) in [7, 11) is -5.36. The topological polar surface area (TPSA) is 57.9 Å². The van der Waals surface area contributed by atoms with Crippen molar-refractivity contribution in [3.63, 3.8) is 0 Å². The molecule has 0 N–H and O–H groups in total. The molecule has 1 aliphatic carbocycles. The molecule has 0 bridgehead atoms. The van der Waals surface area contributed by atoms with Crippen LogP contribution in [0.2, 0.25) is 0 Å². The summed E-state index contributed by atoms with van der Waals surface area (Å²) in [6.07, 6.45) is 1.89. The highest BCUT2D eigenvalue weighted by molar-refractivity contribution is 7.92. The molecule has 1 aromatic carbocycles. The van der Waals surface area contributed by atoms with Crippen molar-refractivity contribution < 1.29 is 21.6 Å². The molecule has 0 unspecified atom stereocenters. The number of halogens is 3. The SMILES string of the molecule is N#CC1(c2cccc(S(=O)(=O)C(F)(F)F)c2)CCC1. The molecule has 19 heavy (non-hydrogen) atoms. The van der Waals surface area contributed by atoms with E-state index in [0.717, 1.165) is 18.6 Å². The lowest BCUT2D eigenvalue weighted by molar-refractivity contribution is -0.0436. The van der Waals surface area contributed by atoms with Crippen LogP contribution in [0.5, 0.6) is 0 Å². The molecule has 1 saturated carbocycles. The standard InChI is InChI=1S/C12H10F3NO2S/c13-12(14,15)19(17,18)10-4-1-3-9(7-10)11(8-16)5-2-6-11/h1,3-4,7H,2,5-6H2. The predicted octanol–water partition coefficient (Wildman–Crippen LogP) is 2.93. The van der Waals surface area contributed by atoms with Gasteiger partial charge in [0.05, 0.1) is 16.4 Å². The Balaban J connectivity index is 2.50. The van der Waals surface area contributed by atoms with Crippen molar-refractivity contribution >= 4 is 9.84 Å². The van der Waals surface area contributed by atoms with Crippen LogP contribution < -0.4 is 0 Å². The lowest BCUT2D eigenvalue weighted by Gasteiger charge is -2.35. The number of rotatable bonds is 2. The van der Waals surface area contributed by atoms with E-state index >= 15 is 0 Å². The van der Waals surface area contributed by atoms with Gasteiger partial charge in [-0.2, -0.15) is 18.4 Å². The summed E-state index contributed by atoms with van der Waals surface area (Å²) in [6.45, 7) is 0. The van der Waals surface area contributed by atoms with E-state index in [4.69, 9.17) is 5.26 Å². The van der Waals surface area contributed by atoms with Crippen LogP contribution in [0.15, 0.2) is 29.2 Å². The molecular formula is C12H10F3NO2S. The second-order valence-corrected chi connectivity index (χ2v) is 6.47. The molecule has 102 valence electrons. The number of sulfone groups is 1. The number of hydrogen-bond acceptors (Lipinski definition) is 3. The minimum atomic E-state index is -5.36. The second kappa shape index (κ2) is 4.23. The summed E-state index contributed by atoms with van der Waals surface area (Å²) >= 11 is 0. The lowest BCUT2D eigenvalue weighted by Crippen LogP contribution is -2.32. The van der Waals surface area contributed by atoms with Gasteiger partial charge in [0.1, 0.15) is 0 Å². The van der Waals surface area contributed by atoms with E-state index in [1.54, 1.807) is 0 Å². The zero-order valence-electron chi connectivity index (χ0n) is 9.74. The minimum absolute atomic E-state index is 0.339. The van der Waals surface area contributed by atoms with Crippen molar-refractivity contribution in [3.8, 4) is 6.07 Å². The molecule has 0 amide bonds. The fourth-order valence-corrected chi connectivity index (χ4v) is 2.90. The number of hydrogen-bond donors (Lipinski definition) is 0. The maximum absolute atomic E-state index is 12.5.